The van der Waals surface area contributed by atoms with Crippen LogP contribution in [0.2, 0.25) is 0 Å². The van der Waals surface area contributed by atoms with Crippen molar-refractivity contribution in [2.24, 2.45) is 0 Å². The standard InChI is InChI=1S/C14H13F4N3/c15-10-2-1-3-12(6-10)21-13(14(16,17)18)9(8-20-21)7-19-11-4-5-11/h1-3,6,8,11,19H,4-5,7H2. The van der Waals surface area contributed by atoms with Crippen molar-refractivity contribution in [3.63, 3.8) is 0 Å². The number of benzene rings is 1. The van der Waals surface area contributed by atoms with E-state index in [2.05, 4.69) is 10.4 Å². The predicted octanol–water partition coefficient (Wildman–Crippen LogP) is 3.28. The minimum atomic E-state index is -4.55. The minimum absolute atomic E-state index is 0.0556. The minimum Gasteiger partial charge on any atom is -0.310 e. The average molecular weight is 299 g/mol. The first-order valence-electron chi connectivity index (χ1n) is 6.58. The summed E-state index contributed by atoms with van der Waals surface area (Å²) in [5.74, 6) is -0.603. The number of nitrogens with zero attached hydrogens (tertiary/aromatic N) is 2. The van der Waals surface area contributed by atoms with Gasteiger partial charge in [-0.1, -0.05) is 6.07 Å². The van der Waals surface area contributed by atoms with Gasteiger partial charge in [0, 0.05) is 18.2 Å². The Balaban J connectivity index is 1.99. The van der Waals surface area contributed by atoms with Gasteiger partial charge in [-0.05, 0) is 31.0 Å². The molecule has 0 saturated heterocycles. The molecule has 1 saturated carbocycles. The fourth-order valence-corrected chi connectivity index (χ4v) is 2.16. The van der Waals surface area contributed by atoms with E-state index in [1.165, 1.54) is 24.4 Å². The van der Waals surface area contributed by atoms with E-state index in [9.17, 15) is 17.6 Å². The molecule has 0 unspecified atom stereocenters. The molecule has 1 aliphatic rings. The lowest BCUT2D eigenvalue weighted by atomic mass is 10.2. The molecule has 1 fully saturated rings. The van der Waals surface area contributed by atoms with E-state index in [4.69, 9.17) is 0 Å². The molecule has 1 aliphatic carbocycles. The smallest absolute Gasteiger partial charge is 0.310 e. The van der Waals surface area contributed by atoms with Gasteiger partial charge in [-0.15, -0.1) is 0 Å². The summed E-state index contributed by atoms with van der Waals surface area (Å²) in [7, 11) is 0. The van der Waals surface area contributed by atoms with Crippen molar-refractivity contribution >= 4 is 0 Å². The number of rotatable bonds is 4. The van der Waals surface area contributed by atoms with E-state index in [0.717, 1.165) is 23.6 Å². The van der Waals surface area contributed by atoms with Crippen LogP contribution in [0.3, 0.4) is 0 Å². The average Bonchev–Trinajstić information content (AvgIpc) is 3.12. The van der Waals surface area contributed by atoms with Gasteiger partial charge in [0.15, 0.2) is 5.69 Å². The summed E-state index contributed by atoms with van der Waals surface area (Å²) in [6.45, 7) is 0.106. The number of alkyl halides is 3. The van der Waals surface area contributed by atoms with Crippen LogP contribution in [0.4, 0.5) is 17.6 Å². The Kier molecular flexibility index (Phi) is 3.44. The zero-order valence-corrected chi connectivity index (χ0v) is 11.0. The van der Waals surface area contributed by atoms with E-state index < -0.39 is 17.7 Å². The van der Waals surface area contributed by atoms with Crippen molar-refractivity contribution in [1.29, 1.82) is 0 Å². The highest BCUT2D eigenvalue weighted by Gasteiger charge is 2.38. The van der Waals surface area contributed by atoms with Crippen LogP contribution >= 0.6 is 0 Å². The third-order valence-corrected chi connectivity index (χ3v) is 3.32. The van der Waals surface area contributed by atoms with Crippen LogP contribution in [0.1, 0.15) is 24.1 Å². The fraction of sp³-hybridized carbons (Fsp3) is 0.357. The second-order valence-electron chi connectivity index (χ2n) is 5.06. The number of hydrogen-bond acceptors (Lipinski definition) is 2. The van der Waals surface area contributed by atoms with Gasteiger partial charge in [0.25, 0.3) is 0 Å². The maximum atomic E-state index is 13.3. The van der Waals surface area contributed by atoms with Gasteiger partial charge in [0.1, 0.15) is 5.82 Å². The van der Waals surface area contributed by atoms with Gasteiger partial charge in [-0.2, -0.15) is 18.3 Å². The molecule has 0 spiro atoms. The number of halogens is 4. The lowest BCUT2D eigenvalue weighted by Crippen LogP contribution is -2.20. The second kappa shape index (κ2) is 5.14. The van der Waals surface area contributed by atoms with Gasteiger partial charge >= 0.3 is 6.18 Å². The SMILES string of the molecule is Fc1cccc(-n2ncc(CNC3CC3)c2C(F)(F)F)c1. The molecule has 21 heavy (non-hydrogen) atoms. The molecular weight excluding hydrogens is 286 g/mol. The molecule has 1 aromatic heterocycles. The first-order chi connectivity index (χ1) is 9.95. The fourth-order valence-electron chi connectivity index (χ4n) is 2.16. The first-order valence-corrected chi connectivity index (χ1v) is 6.58. The molecule has 0 aliphatic heterocycles. The summed E-state index contributed by atoms with van der Waals surface area (Å²) >= 11 is 0. The zero-order valence-electron chi connectivity index (χ0n) is 11.0. The van der Waals surface area contributed by atoms with Crippen molar-refractivity contribution < 1.29 is 17.6 Å². The topological polar surface area (TPSA) is 29.9 Å². The Morgan fingerprint density at radius 1 is 1.29 bits per heavy atom. The Labute approximate surface area is 118 Å². The molecule has 0 bridgehead atoms. The molecule has 7 heteroatoms. The monoisotopic (exact) mass is 299 g/mol. The van der Waals surface area contributed by atoms with Crippen LogP contribution in [0.15, 0.2) is 30.5 Å². The van der Waals surface area contributed by atoms with E-state index in [-0.39, 0.29) is 17.8 Å². The van der Waals surface area contributed by atoms with Crippen molar-refractivity contribution in [3.05, 3.63) is 47.5 Å². The summed E-state index contributed by atoms with van der Waals surface area (Å²) in [6.07, 6.45) is -1.40. The normalized spacial score (nSPS) is 15.4. The molecule has 0 radical (unpaired) electrons. The predicted molar refractivity (Wildman–Crippen MR) is 68.4 cm³/mol. The van der Waals surface area contributed by atoms with E-state index in [1.54, 1.807) is 0 Å². The summed E-state index contributed by atoms with van der Waals surface area (Å²) in [4.78, 5) is 0. The third-order valence-electron chi connectivity index (χ3n) is 3.32. The van der Waals surface area contributed by atoms with E-state index in [1.807, 2.05) is 0 Å². The molecule has 1 N–H and O–H groups in total. The first kappa shape index (κ1) is 14.1. The molecule has 112 valence electrons. The van der Waals surface area contributed by atoms with Crippen molar-refractivity contribution in [2.45, 2.75) is 31.6 Å². The van der Waals surface area contributed by atoms with Crippen LogP contribution < -0.4 is 5.32 Å². The van der Waals surface area contributed by atoms with Gasteiger partial charge in [0.2, 0.25) is 0 Å². The van der Waals surface area contributed by atoms with Crippen LogP contribution in [0.25, 0.3) is 5.69 Å². The highest BCUT2D eigenvalue weighted by molar-refractivity contribution is 5.36. The van der Waals surface area contributed by atoms with Crippen LogP contribution in [0.5, 0.6) is 0 Å². The Bertz CT molecular complexity index is 644. The number of hydrogen-bond donors (Lipinski definition) is 1. The van der Waals surface area contributed by atoms with Gasteiger partial charge in [-0.25, -0.2) is 9.07 Å². The molecule has 1 aromatic carbocycles. The summed E-state index contributed by atoms with van der Waals surface area (Å²) in [5.41, 5.74) is -0.736. The Hall–Kier alpha value is -1.89. The van der Waals surface area contributed by atoms with Crippen LogP contribution in [0, 0.1) is 5.82 Å². The summed E-state index contributed by atoms with van der Waals surface area (Å²) < 4.78 is 53.8. The lowest BCUT2D eigenvalue weighted by Gasteiger charge is -2.13. The van der Waals surface area contributed by atoms with Gasteiger partial charge in [-0.3, -0.25) is 0 Å². The van der Waals surface area contributed by atoms with E-state index >= 15 is 0 Å². The number of aromatic nitrogens is 2. The van der Waals surface area contributed by atoms with Gasteiger partial charge in [0.05, 0.1) is 11.9 Å². The summed E-state index contributed by atoms with van der Waals surface area (Å²) in [6, 6.07) is 5.25. The highest BCUT2D eigenvalue weighted by atomic mass is 19.4. The molecular formula is C14H13F4N3. The highest BCUT2D eigenvalue weighted by Crippen LogP contribution is 2.34. The maximum absolute atomic E-state index is 13.3. The van der Waals surface area contributed by atoms with E-state index in [0.29, 0.717) is 6.04 Å². The molecule has 0 amide bonds. The second-order valence-corrected chi connectivity index (χ2v) is 5.06. The lowest BCUT2D eigenvalue weighted by molar-refractivity contribution is -0.143. The molecule has 2 aromatic rings. The Morgan fingerprint density at radius 3 is 2.67 bits per heavy atom. The van der Waals surface area contributed by atoms with Crippen LogP contribution in [-0.4, -0.2) is 15.8 Å². The molecule has 1 heterocycles. The van der Waals surface area contributed by atoms with Crippen molar-refractivity contribution in [2.75, 3.05) is 0 Å². The van der Waals surface area contributed by atoms with Crippen molar-refractivity contribution in [1.82, 2.24) is 15.1 Å². The van der Waals surface area contributed by atoms with Gasteiger partial charge < -0.3 is 5.32 Å². The largest absolute Gasteiger partial charge is 0.433 e. The number of nitrogens with one attached hydrogen (secondary N) is 1. The third kappa shape index (κ3) is 3.07. The van der Waals surface area contributed by atoms with Crippen LogP contribution in [-0.2, 0) is 12.7 Å². The maximum Gasteiger partial charge on any atom is 0.433 e. The quantitative estimate of drug-likeness (QED) is 0.878. The summed E-state index contributed by atoms with van der Waals surface area (Å²) in [5, 5.41) is 6.82. The zero-order chi connectivity index (χ0) is 15.0. The molecule has 3 rings (SSSR count). The van der Waals surface area contributed by atoms with Crippen molar-refractivity contribution in [3.8, 4) is 5.69 Å². The Morgan fingerprint density at radius 2 is 2.05 bits per heavy atom. The molecule has 0 atom stereocenters. The molecule has 3 nitrogen and oxygen atoms in total.